The first-order chi connectivity index (χ1) is 20.0. The van der Waals surface area contributed by atoms with E-state index in [9.17, 15) is 44.9 Å². The summed E-state index contributed by atoms with van der Waals surface area (Å²) in [6.45, 7) is 0.760. The maximum atomic E-state index is 12.3. The second-order valence-electron chi connectivity index (χ2n) is 10.4. The van der Waals surface area contributed by atoms with Gasteiger partial charge < -0.3 is 40.3 Å². The summed E-state index contributed by atoms with van der Waals surface area (Å²) in [6, 6.07) is 0. The minimum Gasteiger partial charge on any atom is -0.457 e. The standard InChI is InChI=1S/C29H51O12P/c1-2-3-4-5-6-7-8-9-10-11-12-13-14-15-16-17-18-19-23(31)40-22(20-30)21-39-42(37,38)41-29-27(35)25(33)24(32)26(34)28(29)36/h6-7,9-10,12-13,22,24-30,32-36H,2-5,8,11,14-21H2,1H3,(H,37,38)/b7-6-,10-9-,13-12-/t22-,24?,25-,26+,27-,28-,29?/m1/s1. The number of hydrogen-bond acceptors (Lipinski definition) is 11. The smallest absolute Gasteiger partial charge is 0.457 e. The van der Waals surface area contributed by atoms with Crippen LogP contribution in [0.25, 0.3) is 0 Å². The van der Waals surface area contributed by atoms with E-state index in [1.165, 1.54) is 19.3 Å². The third kappa shape index (κ3) is 15.9. The van der Waals surface area contributed by atoms with E-state index in [0.29, 0.717) is 6.42 Å². The first kappa shape index (κ1) is 38.6. The lowest BCUT2D eigenvalue weighted by atomic mass is 9.85. The fourth-order valence-corrected chi connectivity index (χ4v) is 5.20. The number of rotatable bonds is 22. The molecule has 0 amide bonds. The first-order valence-corrected chi connectivity index (χ1v) is 16.3. The van der Waals surface area contributed by atoms with Crippen molar-refractivity contribution in [3.8, 4) is 0 Å². The number of carbonyl (C=O) groups is 1. The van der Waals surface area contributed by atoms with Gasteiger partial charge in [-0.3, -0.25) is 13.8 Å². The van der Waals surface area contributed by atoms with E-state index in [-0.39, 0.29) is 6.42 Å². The average molecular weight is 623 g/mol. The summed E-state index contributed by atoms with van der Waals surface area (Å²) in [5.74, 6) is -0.618. The van der Waals surface area contributed by atoms with Crippen LogP contribution in [0.1, 0.15) is 84.0 Å². The van der Waals surface area contributed by atoms with Gasteiger partial charge in [-0.2, -0.15) is 0 Å². The lowest BCUT2D eigenvalue weighted by molar-refractivity contribution is -0.220. The van der Waals surface area contributed by atoms with E-state index in [4.69, 9.17) is 9.26 Å². The third-order valence-corrected chi connectivity index (χ3v) is 7.76. The lowest BCUT2D eigenvalue weighted by Gasteiger charge is -2.41. The second-order valence-corrected chi connectivity index (χ2v) is 11.8. The zero-order valence-corrected chi connectivity index (χ0v) is 25.4. The lowest BCUT2D eigenvalue weighted by Crippen LogP contribution is -2.64. The highest BCUT2D eigenvalue weighted by atomic mass is 31.2. The molecule has 1 fully saturated rings. The Morgan fingerprint density at radius 2 is 1.26 bits per heavy atom. The van der Waals surface area contributed by atoms with Gasteiger partial charge in [-0.1, -0.05) is 69.1 Å². The predicted molar refractivity (Wildman–Crippen MR) is 156 cm³/mol. The number of ether oxygens (including phenoxy) is 1. The van der Waals surface area contributed by atoms with Crippen molar-refractivity contribution in [2.45, 2.75) is 127 Å². The molecule has 0 aromatic rings. The van der Waals surface area contributed by atoms with Gasteiger partial charge in [0.15, 0.2) is 0 Å². The summed E-state index contributed by atoms with van der Waals surface area (Å²) >= 11 is 0. The molecule has 0 aromatic heterocycles. The molecule has 3 unspecified atom stereocenters. The quantitative estimate of drug-likeness (QED) is 0.0403. The van der Waals surface area contributed by atoms with Crippen LogP contribution in [0, 0.1) is 0 Å². The van der Waals surface area contributed by atoms with Gasteiger partial charge in [-0.15, -0.1) is 0 Å². The van der Waals surface area contributed by atoms with Crippen molar-refractivity contribution < 1.29 is 58.7 Å². The summed E-state index contributed by atoms with van der Waals surface area (Å²) in [7, 11) is -5.01. The number of esters is 1. The molecule has 1 aliphatic carbocycles. The normalized spacial score (nSPS) is 27.1. The maximum absolute atomic E-state index is 12.3. The van der Waals surface area contributed by atoms with Gasteiger partial charge in [-0.05, 0) is 44.9 Å². The van der Waals surface area contributed by atoms with E-state index in [2.05, 4.69) is 47.9 Å². The zero-order chi connectivity index (χ0) is 31.4. The molecule has 0 saturated heterocycles. The molecule has 0 spiro atoms. The van der Waals surface area contributed by atoms with Crippen LogP contribution in [-0.2, 0) is 23.1 Å². The van der Waals surface area contributed by atoms with Crippen LogP contribution >= 0.6 is 7.82 Å². The van der Waals surface area contributed by atoms with Gasteiger partial charge in [-0.25, -0.2) is 4.57 Å². The van der Waals surface area contributed by atoms with Crippen molar-refractivity contribution in [3.63, 3.8) is 0 Å². The van der Waals surface area contributed by atoms with Crippen molar-refractivity contribution >= 4 is 13.8 Å². The Bertz CT molecular complexity index is 848. The van der Waals surface area contributed by atoms with Crippen LogP contribution in [-0.4, -0.2) is 97.4 Å². The van der Waals surface area contributed by atoms with Crippen molar-refractivity contribution in [2.24, 2.45) is 0 Å². The van der Waals surface area contributed by atoms with Gasteiger partial charge >= 0.3 is 13.8 Å². The monoisotopic (exact) mass is 622 g/mol. The minimum atomic E-state index is -5.01. The van der Waals surface area contributed by atoms with E-state index >= 15 is 0 Å². The van der Waals surface area contributed by atoms with Crippen LogP contribution in [0.2, 0.25) is 0 Å². The van der Waals surface area contributed by atoms with Gasteiger partial charge in [0.25, 0.3) is 0 Å². The summed E-state index contributed by atoms with van der Waals surface area (Å²) in [4.78, 5) is 22.0. The third-order valence-electron chi connectivity index (χ3n) is 6.77. The summed E-state index contributed by atoms with van der Waals surface area (Å²) in [6.07, 6.45) is 11.2. The molecule has 0 radical (unpaired) electrons. The Morgan fingerprint density at radius 1 is 0.762 bits per heavy atom. The van der Waals surface area contributed by atoms with Crippen LogP contribution in [0.5, 0.6) is 0 Å². The first-order valence-electron chi connectivity index (χ1n) is 14.8. The topological polar surface area (TPSA) is 203 Å². The Labute approximate surface area is 248 Å². The molecular weight excluding hydrogens is 571 g/mol. The molecule has 0 bridgehead atoms. The number of allylic oxidation sites excluding steroid dienone is 6. The molecular formula is C29H51O12P. The maximum Gasteiger partial charge on any atom is 0.472 e. The second kappa shape index (κ2) is 22.1. The van der Waals surface area contributed by atoms with Gasteiger partial charge in [0.2, 0.25) is 0 Å². The van der Waals surface area contributed by atoms with Gasteiger partial charge in [0.05, 0.1) is 13.2 Å². The van der Waals surface area contributed by atoms with E-state index < -0.39 is 69.7 Å². The number of aliphatic hydroxyl groups is 6. The number of aliphatic hydroxyl groups excluding tert-OH is 6. The van der Waals surface area contributed by atoms with Crippen molar-refractivity contribution in [1.82, 2.24) is 0 Å². The van der Waals surface area contributed by atoms with Crippen molar-refractivity contribution in [2.75, 3.05) is 13.2 Å². The molecule has 0 aromatic carbocycles. The average Bonchev–Trinajstić information content (AvgIpc) is 2.97. The molecule has 12 nitrogen and oxygen atoms in total. The minimum absolute atomic E-state index is 0.0933. The number of unbranched alkanes of at least 4 members (excludes halogenated alkanes) is 7. The molecule has 1 saturated carbocycles. The van der Waals surface area contributed by atoms with Gasteiger partial charge in [0.1, 0.15) is 42.7 Å². The summed E-state index contributed by atoms with van der Waals surface area (Å²) in [5.41, 5.74) is 0. The number of phosphoric acid groups is 1. The van der Waals surface area contributed by atoms with E-state index in [1.807, 2.05) is 0 Å². The molecule has 1 aliphatic rings. The SMILES string of the molecule is CCCCC/C=C\C/C=C\C/C=C\CCCCCCC(=O)O[C@H](CO)COP(=O)(O)OC1[C@H](O)[C@H](O)C(O)[C@H](O)[C@H]1O. The molecule has 0 heterocycles. The Kier molecular flexibility index (Phi) is 20.3. The number of hydrogen-bond donors (Lipinski definition) is 7. The van der Waals surface area contributed by atoms with Crippen LogP contribution in [0.3, 0.4) is 0 Å². The highest BCUT2D eigenvalue weighted by Gasteiger charge is 2.51. The van der Waals surface area contributed by atoms with Crippen molar-refractivity contribution in [1.29, 1.82) is 0 Å². The van der Waals surface area contributed by atoms with E-state index in [0.717, 1.165) is 44.9 Å². The number of phosphoric ester groups is 1. The highest BCUT2D eigenvalue weighted by Crippen LogP contribution is 2.47. The largest absolute Gasteiger partial charge is 0.472 e. The molecule has 42 heavy (non-hydrogen) atoms. The molecule has 13 heteroatoms. The Morgan fingerprint density at radius 3 is 1.81 bits per heavy atom. The molecule has 8 atom stereocenters. The van der Waals surface area contributed by atoms with Crippen LogP contribution < -0.4 is 0 Å². The molecule has 244 valence electrons. The summed E-state index contributed by atoms with van der Waals surface area (Å²) < 4.78 is 26.7. The van der Waals surface area contributed by atoms with E-state index in [1.54, 1.807) is 0 Å². The summed E-state index contributed by atoms with van der Waals surface area (Å²) in [5, 5.41) is 58.3. The molecule has 0 aliphatic heterocycles. The Hall–Kier alpha value is -1.44. The zero-order valence-electron chi connectivity index (χ0n) is 24.5. The number of carbonyl (C=O) groups excluding carboxylic acids is 1. The van der Waals surface area contributed by atoms with Crippen molar-refractivity contribution in [3.05, 3.63) is 36.5 Å². The molecule has 1 rings (SSSR count). The van der Waals surface area contributed by atoms with Crippen LogP contribution in [0.4, 0.5) is 0 Å². The fraction of sp³-hybridized carbons (Fsp3) is 0.759. The van der Waals surface area contributed by atoms with Crippen LogP contribution in [0.15, 0.2) is 36.5 Å². The molecule has 7 N–H and O–H groups in total. The predicted octanol–water partition coefficient (Wildman–Crippen LogP) is 2.58. The highest BCUT2D eigenvalue weighted by molar-refractivity contribution is 7.47. The van der Waals surface area contributed by atoms with Gasteiger partial charge in [0, 0.05) is 6.42 Å². The Balaban J connectivity index is 2.19. The fourth-order valence-electron chi connectivity index (χ4n) is 4.23.